The van der Waals surface area contributed by atoms with Gasteiger partial charge in [-0.15, -0.1) is 6.58 Å². The van der Waals surface area contributed by atoms with Crippen LogP contribution in [0.4, 0.5) is 0 Å². The maximum atomic E-state index is 11.8. The normalized spacial score (nSPS) is 25.4. The number of esters is 3. The van der Waals surface area contributed by atoms with E-state index in [4.69, 9.17) is 23.7 Å². The highest BCUT2D eigenvalue weighted by Gasteiger charge is 2.50. The van der Waals surface area contributed by atoms with Crippen molar-refractivity contribution < 1.29 is 38.1 Å². The molecule has 0 aromatic heterocycles. The molecule has 170 valence electrons. The number of hydrogen-bond acceptors (Lipinski definition) is 8. The molecule has 2 rings (SSSR count). The molecule has 0 N–H and O–H groups in total. The van der Waals surface area contributed by atoms with Crippen LogP contribution in [0.15, 0.2) is 30.9 Å². The smallest absolute Gasteiger partial charge is 0.305 e. The highest BCUT2D eigenvalue weighted by atomic mass is 16.7. The van der Waals surface area contributed by atoms with Crippen LogP contribution in [-0.2, 0) is 44.7 Å². The minimum Gasteiger partial charge on any atom is -0.458 e. The molecule has 1 aromatic carbocycles. The fourth-order valence-corrected chi connectivity index (χ4v) is 3.57. The van der Waals surface area contributed by atoms with E-state index in [0.717, 1.165) is 16.7 Å². The lowest BCUT2D eigenvalue weighted by atomic mass is 9.85. The molecule has 5 atom stereocenters. The molecule has 8 heteroatoms. The Morgan fingerprint density at radius 1 is 1.03 bits per heavy atom. The molecule has 1 saturated heterocycles. The first-order chi connectivity index (χ1) is 14.6. The van der Waals surface area contributed by atoms with Crippen LogP contribution in [0, 0.1) is 12.8 Å². The Hall–Kier alpha value is -2.71. The summed E-state index contributed by atoms with van der Waals surface area (Å²) in [5.41, 5.74) is 2.80. The fourth-order valence-electron chi connectivity index (χ4n) is 3.57. The summed E-state index contributed by atoms with van der Waals surface area (Å²) < 4.78 is 27.8. The third kappa shape index (κ3) is 6.63. The SMILES string of the molecule is C=CCOCc1cc([C@@H]2OC(OC(C)=O)[C@@H](OC(C)=O)[C@H](OC(C)=O)[C@H]2C)ccc1C. The summed E-state index contributed by atoms with van der Waals surface area (Å²) in [6.45, 7) is 12.0. The number of carbonyl (C=O) groups excluding carboxylic acids is 3. The van der Waals surface area contributed by atoms with Gasteiger partial charge < -0.3 is 23.7 Å². The average molecular weight is 434 g/mol. The second-order valence-electron chi connectivity index (χ2n) is 7.53. The van der Waals surface area contributed by atoms with Crippen molar-refractivity contribution in [2.75, 3.05) is 6.61 Å². The van der Waals surface area contributed by atoms with Crippen LogP contribution in [-0.4, -0.2) is 43.0 Å². The number of hydrogen-bond donors (Lipinski definition) is 0. The molecule has 8 nitrogen and oxygen atoms in total. The molecule has 31 heavy (non-hydrogen) atoms. The Kier molecular flexibility index (Phi) is 8.76. The van der Waals surface area contributed by atoms with Crippen molar-refractivity contribution >= 4 is 17.9 Å². The van der Waals surface area contributed by atoms with Crippen LogP contribution in [0.1, 0.15) is 50.5 Å². The zero-order valence-corrected chi connectivity index (χ0v) is 18.6. The van der Waals surface area contributed by atoms with Gasteiger partial charge in [-0.3, -0.25) is 14.4 Å². The van der Waals surface area contributed by atoms with Crippen LogP contribution >= 0.6 is 0 Å². The van der Waals surface area contributed by atoms with E-state index in [1.54, 1.807) is 6.08 Å². The molecule has 0 amide bonds. The van der Waals surface area contributed by atoms with Crippen molar-refractivity contribution in [3.63, 3.8) is 0 Å². The quantitative estimate of drug-likeness (QED) is 0.266. The van der Waals surface area contributed by atoms with E-state index in [0.29, 0.717) is 13.2 Å². The average Bonchev–Trinajstić information content (AvgIpc) is 2.67. The lowest BCUT2D eigenvalue weighted by molar-refractivity contribution is -0.283. The van der Waals surface area contributed by atoms with Crippen LogP contribution in [0.25, 0.3) is 0 Å². The van der Waals surface area contributed by atoms with Gasteiger partial charge in [0, 0.05) is 26.7 Å². The summed E-state index contributed by atoms with van der Waals surface area (Å²) >= 11 is 0. The first-order valence-corrected chi connectivity index (χ1v) is 10.1. The maximum Gasteiger partial charge on any atom is 0.305 e. The van der Waals surface area contributed by atoms with Crippen LogP contribution in [0.5, 0.6) is 0 Å². The summed E-state index contributed by atoms with van der Waals surface area (Å²) in [5, 5.41) is 0. The Bertz CT molecular complexity index is 818. The van der Waals surface area contributed by atoms with Crippen molar-refractivity contribution in [1.82, 2.24) is 0 Å². The van der Waals surface area contributed by atoms with E-state index in [1.807, 2.05) is 32.0 Å². The number of aryl methyl sites for hydroxylation is 1. The highest BCUT2D eigenvalue weighted by Crippen LogP contribution is 2.40. The number of ether oxygens (including phenoxy) is 5. The largest absolute Gasteiger partial charge is 0.458 e. The third-order valence-electron chi connectivity index (χ3n) is 4.95. The molecule has 1 aliphatic heterocycles. The molecule has 1 aliphatic rings. The molecule has 1 fully saturated rings. The topological polar surface area (TPSA) is 97.4 Å². The Balaban J connectivity index is 2.41. The molecule has 0 spiro atoms. The van der Waals surface area contributed by atoms with Crippen molar-refractivity contribution in [2.45, 2.75) is 65.8 Å². The van der Waals surface area contributed by atoms with Crippen molar-refractivity contribution in [1.29, 1.82) is 0 Å². The molecule has 0 bridgehead atoms. The number of benzene rings is 1. The van der Waals surface area contributed by atoms with Gasteiger partial charge in [0.25, 0.3) is 0 Å². The van der Waals surface area contributed by atoms with Gasteiger partial charge in [-0.25, -0.2) is 0 Å². The van der Waals surface area contributed by atoms with Crippen molar-refractivity contribution in [3.05, 3.63) is 47.5 Å². The van der Waals surface area contributed by atoms with Crippen molar-refractivity contribution in [3.8, 4) is 0 Å². The van der Waals surface area contributed by atoms with Gasteiger partial charge in [0.05, 0.1) is 19.3 Å². The Labute approximate surface area is 182 Å². The summed E-state index contributed by atoms with van der Waals surface area (Å²) in [6, 6.07) is 5.79. The summed E-state index contributed by atoms with van der Waals surface area (Å²) in [4.78, 5) is 35.1. The number of rotatable bonds is 8. The second kappa shape index (κ2) is 11.1. The molecule has 0 aliphatic carbocycles. The molecule has 1 heterocycles. The minimum atomic E-state index is -1.23. The van der Waals surface area contributed by atoms with Gasteiger partial charge in [-0.05, 0) is 23.6 Å². The molecular formula is C23H30O8. The number of carbonyl (C=O) groups is 3. The highest BCUT2D eigenvalue weighted by molar-refractivity contribution is 5.68. The van der Waals surface area contributed by atoms with Gasteiger partial charge >= 0.3 is 17.9 Å². The zero-order valence-electron chi connectivity index (χ0n) is 18.6. The van der Waals surface area contributed by atoms with Crippen molar-refractivity contribution in [2.24, 2.45) is 5.92 Å². The molecule has 1 aromatic rings. The van der Waals surface area contributed by atoms with Crippen LogP contribution < -0.4 is 0 Å². The van der Waals surface area contributed by atoms with E-state index in [9.17, 15) is 14.4 Å². The predicted molar refractivity (Wildman–Crippen MR) is 111 cm³/mol. The van der Waals surface area contributed by atoms with E-state index in [2.05, 4.69) is 6.58 Å². The first kappa shape index (κ1) is 24.6. The first-order valence-electron chi connectivity index (χ1n) is 10.1. The summed E-state index contributed by atoms with van der Waals surface area (Å²) in [6.07, 6.45) is -2.09. The Morgan fingerprint density at radius 2 is 1.65 bits per heavy atom. The van der Waals surface area contributed by atoms with Gasteiger partial charge in [0.1, 0.15) is 0 Å². The van der Waals surface area contributed by atoms with Gasteiger partial charge in [0.2, 0.25) is 12.4 Å². The molecule has 0 saturated carbocycles. The monoisotopic (exact) mass is 434 g/mol. The zero-order chi connectivity index (χ0) is 23.1. The Morgan fingerprint density at radius 3 is 2.23 bits per heavy atom. The van der Waals surface area contributed by atoms with Gasteiger partial charge in [0.15, 0.2) is 6.10 Å². The van der Waals surface area contributed by atoms with Crippen LogP contribution in [0.3, 0.4) is 0 Å². The lowest BCUT2D eigenvalue weighted by Gasteiger charge is -2.43. The molecule has 0 radical (unpaired) electrons. The molecular weight excluding hydrogens is 404 g/mol. The fraction of sp³-hybridized carbons (Fsp3) is 0.522. The predicted octanol–water partition coefficient (Wildman–Crippen LogP) is 3.16. The van der Waals surface area contributed by atoms with E-state index in [1.165, 1.54) is 20.8 Å². The standard InChI is InChI=1S/C23H30O8/c1-7-10-27-12-19-11-18(9-8-13(19)2)20-14(3)21(28-15(4)24)22(29-16(5)25)23(31-20)30-17(6)26/h7-9,11,14,20-23H,1,10,12H2,2-6H3/t14-,20+,21+,22-,23?/m0/s1. The van der Waals surface area contributed by atoms with Gasteiger partial charge in [-0.1, -0.05) is 31.2 Å². The van der Waals surface area contributed by atoms with E-state index < -0.39 is 48.4 Å². The van der Waals surface area contributed by atoms with E-state index >= 15 is 0 Å². The maximum absolute atomic E-state index is 11.8. The van der Waals surface area contributed by atoms with Crippen LogP contribution in [0.2, 0.25) is 0 Å². The van der Waals surface area contributed by atoms with Gasteiger partial charge in [-0.2, -0.15) is 0 Å². The summed E-state index contributed by atoms with van der Waals surface area (Å²) in [7, 11) is 0. The molecule has 1 unspecified atom stereocenters. The summed E-state index contributed by atoms with van der Waals surface area (Å²) in [5.74, 6) is -2.16. The van der Waals surface area contributed by atoms with E-state index in [-0.39, 0.29) is 0 Å². The minimum absolute atomic E-state index is 0.392. The lowest BCUT2D eigenvalue weighted by Crippen LogP contribution is -2.55. The third-order valence-corrected chi connectivity index (χ3v) is 4.95. The second-order valence-corrected chi connectivity index (χ2v) is 7.53.